The number of hydrogen-bond donors (Lipinski definition) is 3. The van der Waals surface area contributed by atoms with Crippen LogP contribution < -0.4 is 5.32 Å². The summed E-state index contributed by atoms with van der Waals surface area (Å²) in [6.45, 7) is 2.69. The molecule has 1 fully saturated rings. The van der Waals surface area contributed by atoms with Crippen LogP contribution in [0.4, 0.5) is 0 Å². The van der Waals surface area contributed by atoms with E-state index in [0.717, 1.165) is 18.4 Å². The average molecular weight is 343 g/mol. The standard InChI is InChI=1S/C17H21N5O3/c1-2-22(9-15(23)24)14-7-13(8-14)20-17(25)12-5-3-11(4-6-12)16-18-10-19-21-16/h3-6,10,13-14H,2,7-9H2,1H3,(H,20,25)(H,23,24)(H,18,19,21). The summed E-state index contributed by atoms with van der Waals surface area (Å²) in [5.74, 6) is -0.276. The van der Waals surface area contributed by atoms with Crippen molar-refractivity contribution in [1.82, 2.24) is 25.4 Å². The number of hydrogen-bond acceptors (Lipinski definition) is 5. The summed E-state index contributed by atoms with van der Waals surface area (Å²) in [6.07, 6.45) is 3.00. The van der Waals surface area contributed by atoms with Crippen molar-refractivity contribution >= 4 is 11.9 Å². The van der Waals surface area contributed by atoms with Crippen LogP contribution in [-0.4, -0.2) is 62.2 Å². The second-order valence-corrected chi connectivity index (χ2v) is 6.16. The molecule has 0 unspecified atom stereocenters. The number of benzene rings is 1. The van der Waals surface area contributed by atoms with Crippen molar-refractivity contribution < 1.29 is 14.7 Å². The SMILES string of the molecule is CCN(CC(=O)O)C1CC(NC(=O)c2ccc(-c3ncn[nH]3)cc2)C1. The van der Waals surface area contributed by atoms with Crippen LogP contribution in [0.15, 0.2) is 30.6 Å². The Labute approximate surface area is 145 Å². The quantitative estimate of drug-likeness (QED) is 0.695. The molecule has 1 heterocycles. The maximum absolute atomic E-state index is 12.3. The first kappa shape index (κ1) is 17.1. The molecule has 8 heteroatoms. The van der Waals surface area contributed by atoms with Crippen molar-refractivity contribution in [2.24, 2.45) is 0 Å². The molecule has 25 heavy (non-hydrogen) atoms. The first-order chi connectivity index (χ1) is 12.1. The number of H-pyrrole nitrogens is 1. The number of aromatic amines is 1. The number of aromatic nitrogens is 3. The highest BCUT2D eigenvalue weighted by Gasteiger charge is 2.34. The van der Waals surface area contributed by atoms with E-state index in [1.165, 1.54) is 6.33 Å². The Kier molecular flexibility index (Phi) is 5.08. The van der Waals surface area contributed by atoms with Crippen LogP contribution in [-0.2, 0) is 4.79 Å². The summed E-state index contributed by atoms with van der Waals surface area (Å²) in [5.41, 5.74) is 1.45. The fourth-order valence-corrected chi connectivity index (χ4v) is 3.07. The number of rotatable bonds is 7. The predicted octanol–water partition coefficient (Wildman–Crippen LogP) is 1.14. The van der Waals surface area contributed by atoms with E-state index < -0.39 is 5.97 Å². The molecule has 0 bridgehead atoms. The molecule has 0 atom stereocenters. The van der Waals surface area contributed by atoms with Gasteiger partial charge >= 0.3 is 5.97 Å². The number of nitrogens with one attached hydrogen (secondary N) is 2. The molecule has 2 aromatic rings. The van der Waals surface area contributed by atoms with Gasteiger partial charge in [-0.15, -0.1) is 0 Å². The molecule has 0 aliphatic heterocycles. The van der Waals surface area contributed by atoms with Crippen LogP contribution in [0.5, 0.6) is 0 Å². The number of nitrogens with zero attached hydrogens (tertiary/aromatic N) is 3. The van der Waals surface area contributed by atoms with Crippen molar-refractivity contribution in [2.45, 2.75) is 31.8 Å². The van der Waals surface area contributed by atoms with Crippen molar-refractivity contribution in [2.75, 3.05) is 13.1 Å². The van der Waals surface area contributed by atoms with Crippen molar-refractivity contribution in [3.05, 3.63) is 36.2 Å². The number of carbonyl (C=O) groups excluding carboxylic acids is 1. The molecule has 3 N–H and O–H groups in total. The number of carbonyl (C=O) groups is 2. The van der Waals surface area contributed by atoms with Crippen molar-refractivity contribution in [3.8, 4) is 11.4 Å². The smallest absolute Gasteiger partial charge is 0.317 e. The molecule has 1 aromatic heterocycles. The third-order valence-corrected chi connectivity index (χ3v) is 4.54. The maximum atomic E-state index is 12.3. The van der Waals surface area contributed by atoms with Crippen LogP contribution in [0.2, 0.25) is 0 Å². The number of aliphatic carboxylic acids is 1. The third kappa shape index (κ3) is 4.03. The Balaban J connectivity index is 1.51. The summed E-state index contributed by atoms with van der Waals surface area (Å²) in [5, 5.41) is 18.5. The molecule has 1 saturated carbocycles. The fourth-order valence-electron chi connectivity index (χ4n) is 3.07. The van der Waals surface area contributed by atoms with E-state index in [1.54, 1.807) is 12.1 Å². The minimum Gasteiger partial charge on any atom is -0.480 e. The van der Waals surface area contributed by atoms with E-state index in [4.69, 9.17) is 5.11 Å². The highest BCUT2D eigenvalue weighted by atomic mass is 16.4. The van der Waals surface area contributed by atoms with Gasteiger partial charge in [0.1, 0.15) is 6.33 Å². The Morgan fingerprint density at radius 3 is 2.60 bits per heavy atom. The Hall–Kier alpha value is -2.74. The number of likely N-dealkylation sites (N-methyl/N-ethyl adjacent to an activating group) is 1. The highest BCUT2D eigenvalue weighted by Crippen LogP contribution is 2.26. The number of carboxylic acids is 1. The molecule has 8 nitrogen and oxygen atoms in total. The molecule has 0 radical (unpaired) electrons. The predicted molar refractivity (Wildman–Crippen MR) is 91.0 cm³/mol. The second-order valence-electron chi connectivity index (χ2n) is 6.16. The van der Waals surface area contributed by atoms with Crippen molar-refractivity contribution in [3.63, 3.8) is 0 Å². The summed E-state index contributed by atoms with van der Waals surface area (Å²) < 4.78 is 0. The van der Waals surface area contributed by atoms with Gasteiger partial charge in [-0.3, -0.25) is 19.6 Å². The molecule has 1 aromatic carbocycles. The number of carboxylic acid groups (broad SMARTS) is 1. The average Bonchev–Trinajstić information content (AvgIpc) is 3.10. The minimum atomic E-state index is -0.818. The van der Waals surface area contributed by atoms with Gasteiger partial charge in [0.15, 0.2) is 5.82 Å². The molecule has 0 spiro atoms. The minimum absolute atomic E-state index is 0.0466. The lowest BCUT2D eigenvalue weighted by molar-refractivity contribution is -0.139. The normalized spacial score (nSPS) is 19.4. The van der Waals surface area contributed by atoms with Gasteiger partial charge in [0.2, 0.25) is 0 Å². The van der Waals surface area contributed by atoms with Crippen LogP contribution >= 0.6 is 0 Å². The van der Waals surface area contributed by atoms with Gasteiger partial charge < -0.3 is 10.4 Å². The van der Waals surface area contributed by atoms with Crippen molar-refractivity contribution in [1.29, 1.82) is 0 Å². The molecular weight excluding hydrogens is 322 g/mol. The van der Waals surface area contributed by atoms with E-state index in [-0.39, 0.29) is 24.5 Å². The first-order valence-corrected chi connectivity index (χ1v) is 8.29. The van der Waals surface area contributed by atoms with E-state index in [1.807, 2.05) is 24.0 Å². The summed E-state index contributed by atoms with van der Waals surface area (Å²) in [4.78, 5) is 29.2. The zero-order chi connectivity index (χ0) is 17.8. The Morgan fingerprint density at radius 2 is 2.04 bits per heavy atom. The van der Waals surface area contributed by atoms with Crippen LogP contribution in [0.25, 0.3) is 11.4 Å². The lowest BCUT2D eigenvalue weighted by atomic mass is 9.85. The lowest BCUT2D eigenvalue weighted by Gasteiger charge is -2.42. The summed E-state index contributed by atoms with van der Waals surface area (Å²) >= 11 is 0. The molecule has 132 valence electrons. The highest BCUT2D eigenvalue weighted by molar-refractivity contribution is 5.94. The molecular formula is C17H21N5O3. The molecule has 0 saturated heterocycles. The largest absolute Gasteiger partial charge is 0.480 e. The van der Waals surface area contributed by atoms with Gasteiger partial charge in [-0.05, 0) is 31.5 Å². The van der Waals surface area contributed by atoms with E-state index in [0.29, 0.717) is 17.9 Å². The zero-order valence-electron chi connectivity index (χ0n) is 14.0. The molecule has 1 aliphatic carbocycles. The Morgan fingerprint density at radius 1 is 1.32 bits per heavy atom. The van der Waals surface area contributed by atoms with Gasteiger partial charge in [0.05, 0.1) is 6.54 Å². The fraction of sp³-hybridized carbons (Fsp3) is 0.412. The molecule has 1 aliphatic rings. The topological polar surface area (TPSA) is 111 Å². The summed E-state index contributed by atoms with van der Waals surface area (Å²) in [6, 6.07) is 7.47. The van der Waals surface area contributed by atoms with Gasteiger partial charge in [-0.25, -0.2) is 4.98 Å². The molecule has 3 rings (SSSR count). The van der Waals surface area contributed by atoms with E-state index >= 15 is 0 Å². The second kappa shape index (κ2) is 7.43. The van der Waals surface area contributed by atoms with Gasteiger partial charge in [0, 0.05) is 23.2 Å². The number of amides is 1. The first-order valence-electron chi connectivity index (χ1n) is 8.29. The van der Waals surface area contributed by atoms with Gasteiger partial charge in [0.25, 0.3) is 5.91 Å². The Bertz CT molecular complexity index is 723. The van der Waals surface area contributed by atoms with Crippen LogP contribution in [0.3, 0.4) is 0 Å². The maximum Gasteiger partial charge on any atom is 0.317 e. The van der Waals surface area contributed by atoms with Gasteiger partial charge in [-0.2, -0.15) is 5.10 Å². The van der Waals surface area contributed by atoms with Gasteiger partial charge in [-0.1, -0.05) is 19.1 Å². The lowest BCUT2D eigenvalue weighted by Crippen LogP contribution is -2.54. The molecule has 1 amide bonds. The summed E-state index contributed by atoms with van der Waals surface area (Å²) in [7, 11) is 0. The van der Waals surface area contributed by atoms with Crippen LogP contribution in [0, 0.1) is 0 Å². The zero-order valence-corrected chi connectivity index (χ0v) is 14.0. The van der Waals surface area contributed by atoms with Crippen LogP contribution in [0.1, 0.15) is 30.1 Å². The monoisotopic (exact) mass is 343 g/mol. The van der Waals surface area contributed by atoms with E-state index in [2.05, 4.69) is 20.5 Å². The van der Waals surface area contributed by atoms with E-state index in [9.17, 15) is 9.59 Å². The third-order valence-electron chi connectivity index (χ3n) is 4.54.